The van der Waals surface area contributed by atoms with Crippen LogP contribution in [0.4, 0.5) is 17.1 Å². The van der Waals surface area contributed by atoms with Crippen molar-refractivity contribution in [3.05, 3.63) is 54.2 Å². The average molecular weight is 237 g/mol. The number of nitrogens with one attached hydrogen (secondary N) is 2. The lowest BCUT2D eigenvalue weighted by molar-refractivity contribution is 1.45. The van der Waals surface area contributed by atoms with Crippen LogP contribution in [0.25, 0.3) is 10.9 Å². The first-order valence-electron chi connectivity index (χ1n) is 5.94. The van der Waals surface area contributed by atoms with Crippen molar-refractivity contribution in [3.8, 4) is 0 Å². The third kappa shape index (κ3) is 1.70. The largest absolute Gasteiger partial charge is 0.397 e. The lowest BCUT2D eigenvalue weighted by Gasteiger charge is -2.12. The van der Waals surface area contributed by atoms with Gasteiger partial charge < -0.3 is 16.0 Å². The second-order valence-electron chi connectivity index (χ2n) is 4.39. The van der Waals surface area contributed by atoms with Crippen LogP contribution in [0, 0.1) is 6.92 Å². The van der Waals surface area contributed by atoms with E-state index in [0.717, 1.165) is 22.6 Å². The van der Waals surface area contributed by atoms with E-state index in [2.05, 4.69) is 35.4 Å². The predicted octanol–water partition coefficient (Wildman–Crippen LogP) is 3.80. The topological polar surface area (TPSA) is 53.8 Å². The standard InChI is InChI=1S/C15H15N3/c1-10-11-8-9-17-14(11)7-6-13(10)18-15-5-3-2-4-12(15)16/h2-9,17-18H,16H2,1H3. The van der Waals surface area contributed by atoms with Gasteiger partial charge in [-0.3, -0.25) is 0 Å². The van der Waals surface area contributed by atoms with Gasteiger partial charge in [0.25, 0.3) is 0 Å². The summed E-state index contributed by atoms with van der Waals surface area (Å²) in [5.74, 6) is 0. The van der Waals surface area contributed by atoms with Crippen molar-refractivity contribution in [3.63, 3.8) is 0 Å². The molecule has 2 aromatic carbocycles. The van der Waals surface area contributed by atoms with Crippen LogP contribution in [0.3, 0.4) is 0 Å². The quantitative estimate of drug-likeness (QED) is 0.594. The zero-order valence-electron chi connectivity index (χ0n) is 10.2. The van der Waals surface area contributed by atoms with Crippen molar-refractivity contribution >= 4 is 28.0 Å². The normalized spacial score (nSPS) is 10.7. The third-order valence-electron chi connectivity index (χ3n) is 3.23. The molecule has 18 heavy (non-hydrogen) atoms. The average Bonchev–Trinajstić information content (AvgIpc) is 2.84. The van der Waals surface area contributed by atoms with Gasteiger partial charge in [0.15, 0.2) is 0 Å². The number of hydrogen-bond acceptors (Lipinski definition) is 2. The minimum Gasteiger partial charge on any atom is -0.397 e. The number of aromatic amines is 1. The number of H-pyrrole nitrogens is 1. The molecule has 0 aliphatic carbocycles. The molecule has 0 saturated carbocycles. The van der Waals surface area contributed by atoms with Gasteiger partial charge in [-0.2, -0.15) is 0 Å². The van der Waals surface area contributed by atoms with Crippen LogP contribution >= 0.6 is 0 Å². The number of para-hydroxylation sites is 2. The number of hydrogen-bond donors (Lipinski definition) is 3. The van der Waals surface area contributed by atoms with E-state index in [-0.39, 0.29) is 0 Å². The first kappa shape index (κ1) is 10.7. The molecular formula is C15H15N3. The Balaban J connectivity index is 2.05. The van der Waals surface area contributed by atoms with E-state index < -0.39 is 0 Å². The zero-order valence-corrected chi connectivity index (χ0v) is 10.2. The van der Waals surface area contributed by atoms with Crippen molar-refractivity contribution in [2.45, 2.75) is 6.92 Å². The highest BCUT2D eigenvalue weighted by atomic mass is 14.9. The molecule has 0 spiro atoms. The summed E-state index contributed by atoms with van der Waals surface area (Å²) < 4.78 is 0. The van der Waals surface area contributed by atoms with Crippen LogP contribution in [0.15, 0.2) is 48.7 Å². The third-order valence-corrected chi connectivity index (χ3v) is 3.23. The van der Waals surface area contributed by atoms with Crippen LogP contribution in [-0.4, -0.2) is 4.98 Å². The van der Waals surface area contributed by atoms with Gasteiger partial charge in [-0.15, -0.1) is 0 Å². The molecule has 0 bridgehead atoms. The molecule has 3 rings (SSSR count). The lowest BCUT2D eigenvalue weighted by Crippen LogP contribution is -1.97. The molecule has 0 amide bonds. The van der Waals surface area contributed by atoms with Gasteiger partial charge in [0.05, 0.1) is 11.4 Å². The maximum atomic E-state index is 5.94. The van der Waals surface area contributed by atoms with Crippen molar-refractivity contribution in [2.24, 2.45) is 0 Å². The van der Waals surface area contributed by atoms with E-state index >= 15 is 0 Å². The van der Waals surface area contributed by atoms with Crippen LogP contribution < -0.4 is 11.1 Å². The maximum Gasteiger partial charge on any atom is 0.0617 e. The van der Waals surface area contributed by atoms with Gasteiger partial charge in [0.1, 0.15) is 0 Å². The molecule has 0 aliphatic heterocycles. The Morgan fingerprint density at radius 2 is 1.83 bits per heavy atom. The van der Waals surface area contributed by atoms with Gasteiger partial charge in [0, 0.05) is 22.8 Å². The van der Waals surface area contributed by atoms with Gasteiger partial charge in [0.2, 0.25) is 0 Å². The van der Waals surface area contributed by atoms with E-state index in [9.17, 15) is 0 Å². The van der Waals surface area contributed by atoms with E-state index in [0.29, 0.717) is 0 Å². The fraction of sp³-hybridized carbons (Fsp3) is 0.0667. The molecule has 0 atom stereocenters. The summed E-state index contributed by atoms with van der Waals surface area (Å²) >= 11 is 0. The first-order valence-corrected chi connectivity index (χ1v) is 5.94. The smallest absolute Gasteiger partial charge is 0.0617 e. The monoisotopic (exact) mass is 237 g/mol. The number of rotatable bonds is 2. The van der Waals surface area contributed by atoms with Crippen LogP contribution in [0.2, 0.25) is 0 Å². The Labute approximate surface area is 106 Å². The van der Waals surface area contributed by atoms with E-state index in [1.165, 1.54) is 10.9 Å². The summed E-state index contributed by atoms with van der Waals surface area (Å²) in [6.07, 6.45) is 1.96. The minimum atomic E-state index is 0.756. The summed E-state index contributed by atoms with van der Waals surface area (Å²) in [6, 6.07) is 14.0. The molecule has 0 unspecified atom stereocenters. The fourth-order valence-electron chi connectivity index (χ4n) is 2.18. The van der Waals surface area contributed by atoms with Crippen molar-refractivity contribution in [1.29, 1.82) is 0 Å². The highest BCUT2D eigenvalue weighted by molar-refractivity contribution is 5.89. The number of aromatic nitrogens is 1. The molecule has 0 saturated heterocycles. The second-order valence-corrected chi connectivity index (χ2v) is 4.39. The number of nitrogens with two attached hydrogens (primary N) is 1. The van der Waals surface area contributed by atoms with Gasteiger partial charge in [-0.25, -0.2) is 0 Å². The van der Waals surface area contributed by atoms with E-state index in [1.54, 1.807) is 0 Å². The van der Waals surface area contributed by atoms with E-state index in [1.807, 2.05) is 30.5 Å². The van der Waals surface area contributed by atoms with Gasteiger partial charge >= 0.3 is 0 Å². The SMILES string of the molecule is Cc1c(Nc2ccccc2N)ccc2[nH]ccc12. The molecule has 90 valence electrons. The van der Waals surface area contributed by atoms with Crippen molar-refractivity contribution in [1.82, 2.24) is 4.98 Å². The Morgan fingerprint density at radius 3 is 2.67 bits per heavy atom. The van der Waals surface area contributed by atoms with Crippen LogP contribution in [-0.2, 0) is 0 Å². The summed E-state index contributed by atoms with van der Waals surface area (Å²) in [4.78, 5) is 3.21. The maximum absolute atomic E-state index is 5.94. The number of nitrogen functional groups attached to an aromatic ring is 1. The fourth-order valence-corrected chi connectivity index (χ4v) is 2.18. The molecule has 1 aromatic heterocycles. The lowest BCUT2D eigenvalue weighted by atomic mass is 10.1. The van der Waals surface area contributed by atoms with Crippen molar-refractivity contribution < 1.29 is 0 Å². The molecule has 4 N–H and O–H groups in total. The number of anilines is 3. The molecular weight excluding hydrogens is 222 g/mol. The Morgan fingerprint density at radius 1 is 1.00 bits per heavy atom. The summed E-state index contributed by atoms with van der Waals surface area (Å²) in [7, 11) is 0. The molecule has 0 fully saturated rings. The number of fused-ring (bicyclic) bond motifs is 1. The Bertz CT molecular complexity index is 698. The Kier molecular flexibility index (Phi) is 2.45. The number of aryl methyl sites for hydroxylation is 1. The second kappa shape index (κ2) is 4.11. The summed E-state index contributed by atoms with van der Waals surface area (Å²) in [5, 5.41) is 4.61. The summed E-state index contributed by atoms with van der Waals surface area (Å²) in [6.45, 7) is 2.11. The molecule has 3 heteroatoms. The van der Waals surface area contributed by atoms with Gasteiger partial charge in [-0.1, -0.05) is 12.1 Å². The zero-order chi connectivity index (χ0) is 12.5. The Hall–Kier alpha value is -2.42. The number of benzene rings is 2. The molecule has 0 aliphatic rings. The highest BCUT2D eigenvalue weighted by Crippen LogP contribution is 2.29. The van der Waals surface area contributed by atoms with Crippen LogP contribution in [0.5, 0.6) is 0 Å². The van der Waals surface area contributed by atoms with Crippen molar-refractivity contribution in [2.75, 3.05) is 11.1 Å². The van der Waals surface area contributed by atoms with Crippen LogP contribution in [0.1, 0.15) is 5.56 Å². The molecule has 3 nitrogen and oxygen atoms in total. The molecule has 3 aromatic rings. The highest BCUT2D eigenvalue weighted by Gasteiger charge is 2.05. The molecule has 1 heterocycles. The predicted molar refractivity (Wildman–Crippen MR) is 77.2 cm³/mol. The van der Waals surface area contributed by atoms with Gasteiger partial charge in [-0.05, 0) is 42.8 Å². The summed E-state index contributed by atoms with van der Waals surface area (Å²) in [5.41, 5.74) is 11.1. The first-order chi connectivity index (χ1) is 8.75. The molecule has 0 radical (unpaired) electrons. The minimum absolute atomic E-state index is 0.756. The van der Waals surface area contributed by atoms with E-state index in [4.69, 9.17) is 5.73 Å².